The second kappa shape index (κ2) is 3.13. The molecule has 1 atom stereocenters. The molecule has 0 bridgehead atoms. The highest BCUT2D eigenvalue weighted by atomic mass is 127. The lowest BCUT2D eigenvalue weighted by Gasteiger charge is -2.27. The minimum atomic E-state index is -0.0746. The number of hydrogen-bond donors (Lipinski definition) is 0. The van der Waals surface area contributed by atoms with Crippen molar-refractivity contribution in [2.75, 3.05) is 0 Å². The van der Waals surface area contributed by atoms with Crippen molar-refractivity contribution in [3.8, 4) is 0 Å². The average Bonchev–Trinajstić information content (AvgIpc) is 1.86. The Hall–Kier alpha value is -0.0600. The van der Waals surface area contributed by atoms with Crippen LogP contribution in [0, 0.1) is 5.92 Å². The Bertz CT molecular complexity index is 210. The van der Waals surface area contributed by atoms with E-state index in [1.165, 1.54) is 0 Å². The third-order valence-corrected chi connectivity index (χ3v) is 2.56. The quantitative estimate of drug-likeness (QED) is 0.668. The molecular weight excluding hydrogens is 253 g/mol. The van der Waals surface area contributed by atoms with Crippen LogP contribution in [-0.4, -0.2) is 9.44 Å². The van der Waals surface area contributed by atoms with Crippen LogP contribution < -0.4 is 0 Å². The summed E-state index contributed by atoms with van der Waals surface area (Å²) in [6.07, 6.45) is 3.72. The molecule has 3 heteroatoms. The van der Waals surface area contributed by atoms with Gasteiger partial charge in [-0.2, -0.15) is 0 Å². The molecule has 0 aromatic rings. The highest BCUT2D eigenvalue weighted by molar-refractivity contribution is 14.1. The summed E-state index contributed by atoms with van der Waals surface area (Å²) in [6.45, 7) is 6.42. The number of nitrogens with zero attached hydrogens (tertiary/aromatic N) is 1. The van der Waals surface area contributed by atoms with Gasteiger partial charge in [0.25, 0.3) is 3.90 Å². The van der Waals surface area contributed by atoms with E-state index in [-0.39, 0.29) is 5.54 Å². The van der Waals surface area contributed by atoms with Crippen molar-refractivity contribution in [2.45, 2.75) is 26.3 Å². The van der Waals surface area contributed by atoms with Crippen LogP contribution in [0.4, 0.5) is 0 Å². The molecule has 0 aromatic heterocycles. The van der Waals surface area contributed by atoms with E-state index >= 15 is 0 Å². The molecule has 0 N–H and O–H groups in total. The smallest absolute Gasteiger partial charge is 0.253 e. The molecule has 0 saturated heterocycles. The second-order valence-electron chi connectivity index (χ2n) is 3.17. The molecule has 0 radical (unpaired) electrons. The van der Waals surface area contributed by atoms with E-state index in [2.05, 4.69) is 48.4 Å². The van der Waals surface area contributed by atoms with Crippen LogP contribution in [0.3, 0.4) is 0 Å². The number of hydrogen-bond acceptors (Lipinski definition) is 2. The van der Waals surface area contributed by atoms with Gasteiger partial charge >= 0.3 is 0 Å². The maximum Gasteiger partial charge on any atom is 0.253 e. The predicted octanol–water partition coefficient (Wildman–Crippen LogP) is 2.74. The minimum Gasteiger partial charge on any atom is -0.443 e. The third-order valence-electron chi connectivity index (χ3n) is 2.07. The van der Waals surface area contributed by atoms with Gasteiger partial charge in [-0.15, -0.1) is 0 Å². The molecule has 0 amide bonds. The van der Waals surface area contributed by atoms with Gasteiger partial charge in [-0.05, 0) is 18.9 Å². The van der Waals surface area contributed by atoms with E-state index in [1.807, 2.05) is 6.08 Å². The van der Waals surface area contributed by atoms with Gasteiger partial charge in [-0.3, -0.25) is 0 Å². The highest BCUT2D eigenvalue weighted by Gasteiger charge is 2.27. The van der Waals surface area contributed by atoms with Crippen molar-refractivity contribution in [3.05, 3.63) is 12.3 Å². The van der Waals surface area contributed by atoms with Gasteiger partial charge in [0.1, 0.15) is 0 Å². The molecule has 1 aliphatic rings. The molecule has 1 rings (SSSR count). The first kappa shape index (κ1) is 9.03. The molecular formula is C8H12INO. The van der Waals surface area contributed by atoms with E-state index in [0.29, 0.717) is 5.92 Å². The maximum absolute atomic E-state index is 5.08. The number of aliphatic imine (C=N–C) groups is 1. The molecule has 0 aliphatic carbocycles. The lowest BCUT2D eigenvalue weighted by molar-refractivity contribution is 0.370. The van der Waals surface area contributed by atoms with Crippen LogP contribution in [0.15, 0.2) is 17.3 Å². The maximum atomic E-state index is 5.08. The number of ether oxygens (including phenoxy) is 1. The second-order valence-corrected chi connectivity index (χ2v) is 4.09. The summed E-state index contributed by atoms with van der Waals surface area (Å²) in [4.78, 5) is 4.41. The van der Waals surface area contributed by atoms with Crippen molar-refractivity contribution in [1.29, 1.82) is 0 Å². The van der Waals surface area contributed by atoms with Crippen molar-refractivity contribution in [1.82, 2.24) is 0 Å². The van der Waals surface area contributed by atoms with Gasteiger partial charge in [0.15, 0.2) is 0 Å². The van der Waals surface area contributed by atoms with Crippen LogP contribution in [0.5, 0.6) is 0 Å². The van der Waals surface area contributed by atoms with Crippen molar-refractivity contribution < 1.29 is 4.74 Å². The van der Waals surface area contributed by atoms with Gasteiger partial charge in [0.2, 0.25) is 0 Å². The summed E-state index contributed by atoms with van der Waals surface area (Å²) in [5.41, 5.74) is -0.0746. The molecule has 1 aliphatic heterocycles. The van der Waals surface area contributed by atoms with Crippen LogP contribution in [0.2, 0.25) is 0 Å². The van der Waals surface area contributed by atoms with Crippen molar-refractivity contribution >= 4 is 26.5 Å². The first-order valence-corrected chi connectivity index (χ1v) is 4.72. The molecule has 2 nitrogen and oxygen atoms in total. The first-order valence-electron chi connectivity index (χ1n) is 3.64. The normalized spacial score (nSPS) is 30.1. The van der Waals surface area contributed by atoms with Crippen molar-refractivity contribution in [3.63, 3.8) is 0 Å². The minimum absolute atomic E-state index is 0.0746. The average molecular weight is 265 g/mol. The Morgan fingerprint density at radius 2 is 2.27 bits per heavy atom. The van der Waals surface area contributed by atoms with Gasteiger partial charge < -0.3 is 4.74 Å². The summed E-state index contributed by atoms with van der Waals surface area (Å²) < 4.78 is 5.80. The summed E-state index contributed by atoms with van der Waals surface area (Å²) >= 11 is 2.09. The molecule has 0 fully saturated rings. The Morgan fingerprint density at radius 1 is 1.64 bits per heavy atom. The standard InChI is InChI=1S/C8H12INO/c1-6(2)8(3)4-5-11-7(9)10-8/h4-6H,1-3H3. The first-order chi connectivity index (χ1) is 5.04. The molecule has 0 spiro atoms. The van der Waals surface area contributed by atoms with Gasteiger partial charge in [0.05, 0.1) is 11.8 Å². The fraction of sp³-hybridized carbons (Fsp3) is 0.625. The largest absolute Gasteiger partial charge is 0.443 e. The summed E-state index contributed by atoms with van der Waals surface area (Å²) in [6, 6.07) is 0. The number of rotatable bonds is 1. The van der Waals surface area contributed by atoms with E-state index < -0.39 is 0 Å². The molecule has 11 heavy (non-hydrogen) atoms. The zero-order valence-corrected chi connectivity index (χ0v) is 9.12. The van der Waals surface area contributed by atoms with Gasteiger partial charge in [-0.1, -0.05) is 13.8 Å². The zero-order chi connectivity index (χ0) is 8.48. The van der Waals surface area contributed by atoms with Crippen LogP contribution in [-0.2, 0) is 4.74 Å². The predicted molar refractivity (Wildman–Crippen MR) is 54.9 cm³/mol. The Morgan fingerprint density at radius 3 is 2.64 bits per heavy atom. The highest BCUT2D eigenvalue weighted by Crippen LogP contribution is 2.26. The lowest BCUT2D eigenvalue weighted by Crippen LogP contribution is -2.29. The molecule has 0 aromatic carbocycles. The summed E-state index contributed by atoms with van der Waals surface area (Å²) in [5, 5.41) is 0. The van der Waals surface area contributed by atoms with E-state index in [4.69, 9.17) is 4.74 Å². The van der Waals surface area contributed by atoms with Crippen LogP contribution >= 0.6 is 22.6 Å². The topological polar surface area (TPSA) is 21.6 Å². The molecule has 1 unspecified atom stereocenters. The summed E-state index contributed by atoms with van der Waals surface area (Å²) in [7, 11) is 0. The zero-order valence-electron chi connectivity index (χ0n) is 6.97. The number of halogens is 1. The Kier molecular flexibility index (Phi) is 2.57. The third kappa shape index (κ3) is 1.95. The van der Waals surface area contributed by atoms with Crippen LogP contribution in [0.1, 0.15) is 20.8 Å². The van der Waals surface area contributed by atoms with Gasteiger partial charge in [-0.25, -0.2) is 4.99 Å². The van der Waals surface area contributed by atoms with Crippen molar-refractivity contribution in [2.24, 2.45) is 10.9 Å². The Balaban J connectivity index is 2.85. The fourth-order valence-electron chi connectivity index (χ4n) is 0.802. The van der Waals surface area contributed by atoms with E-state index in [0.717, 1.165) is 3.90 Å². The van der Waals surface area contributed by atoms with E-state index in [9.17, 15) is 0 Å². The SMILES string of the molecule is CC(C)C1(C)C=COC(I)=N1. The van der Waals surface area contributed by atoms with Gasteiger partial charge in [0, 0.05) is 22.6 Å². The molecule has 0 saturated carbocycles. The monoisotopic (exact) mass is 265 g/mol. The van der Waals surface area contributed by atoms with E-state index in [1.54, 1.807) is 6.26 Å². The molecule has 1 heterocycles. The fourth-order valence-corrected chi connectivity index (χ4v) is 1.47. The van der Waals surface area contributed by atoms with Crippen LogP contribution in [0.25, 0.3) is 0 Å². The Labute approximate surface area is 80.9 Å². The summed E-state index contributed by atoms with van der Waals surface area (Å²) in [5.74, 6) is 0.507. The molecule has 62 valence electrons. The lowest BCUT2D eigenvalue weighted by atomic mass is 9.89.